The quantitative estimate of drug-likeness (QED) is 0.609. The van der Waals surface area contributed by atoms with E-state index < -0.39 is 5.97 Å². The molecule has 0 saturated heterocycles. The number of nitrogen functional groups attached to an aromatic ring is 1. The molecule has 0 radical (unpaired) electrons. The summed E-state index contributed by atoms with van der Waals surface area (Å²) in [5.41, 5.74) is 6.53. The molecular weight excluding hydrogens is 230 g/mol. The maximum absolute atomic E-state index is 10.3. The summed E-state index contributed by atoms with van der Waals surface area (Å²) < 4.78 is 5.00. The fourth-order valence-electron chi connectivity index (χ4n) is 1.06. The molecule has 3 N–H and O–H groups in total. The highest BCUT2D eigenvalue weighted by Gasteiger charge is 2.04. The summed E-state index contributed by atoms with van der Waals surface area (Å²) in [5, 5.41) is 8.80. The first-order chi connectivity index (χ1) is 7.54. The largest absolute Gasteiger partial charge is 0.495 e. The number of aliphatic carboxylic acids is 1. The van der Waals surface area contributed by atoms with E-state index in [2.05, 4.69) is 11.8 Å². The number of carboxylic acids is 1. The van der Waals surface area contributed by atoms with E-state index in [1.54, 1.807) is 6.07 Å². The first-order valence-corrected chi connectivity index (χ1v) is 4.76. The molecule has 0 fully saturated rings. The highest BCUT2D eigenvalue weighted by molar-refractivity contribution is 6.32. The summed E-state index contributed by atoms with van der Waals surface area (Å²) in [5.74, 6) is 4.61. The number of methoxy groups -OCH3 is 1. The second-order valence-corrected chi connectivity index (χ2v) is 3.35. The third-order valence-electron chi connectivity index (χ3n) is 1.78. The molecule has 0 aromatic heterocycles. The van der Waals surface area contributed by atoms with Crippen LogP contribution >= 0.6 is 11.6 Å². The average Bonchev–Trinajstić information content (AvgIpc) is 2.20. The van der Waals surface area contributed by atoms with Crippen molar-refractivity contribution in [2.45, 2.75) is 6.42 Å². The molecule has 5 heteroatoms. The molecule has 0 aliphatic rings. The molecule has 0 aliphatic heterocycles. The van der Waals surface area contributed by atoms with Gasteiger partial charge in [0.15, 0.2) is 0 Å². The van der Waals surface area contributed by atoms with Gasteiger partial charge in [-0.2, -0.15) is 0 Å². The summed E-state index contributed by atoms with van der Waals surface area (Å²) in [6, 6.07) is 3.09. The van der Waals surface area contributed by atoms with E-state index in [0.29, 0.717) is 22.0 Å². The number of anilines is 1. The van der Waals surface area contributed by atoms with Crippen LogP contribution in [0.2, 0.25) is 5.02 Å². The Kier molecular flexibility index (Phi) is 4.03. The molecule has 0 saturated carbocycles. The average molecular weight is 240 g/mol. The standard InChI is InChI=1S/C11H10ClNO3/c1-16-10-5-7(3-2-4-11(14)15)8(12)6-9(10)13/h5-6H,4,13H2,1H3,(H,14,15). The van der Waals surface area contributed by atoms with E-state index in [1.807, 2.05) is 0 Å². The van der Waals surface area contributed by atoms with E-state index in [0.717, 1.165) is 0 Å². The molecule has 0 bridgehead atoms. The lowest BCUT2D eigenvalue weighted by Gasteiger charge is -2.05. The van der Waals surface area contributed by atoms with Crippen molar-refractivity contribution in [3.8, 4) is 17.6 Å². The van der Waals surface area contributed by atoms with E-state index in [9.17, 15) is 4.79 Å². The van der Waals surface area contributed by atoms with Crippen molar-refractivity contribution in [2.75, 3.05) is 12.8 Å². The maximum atomic E-state index is 10.3. The smallest absolute Gasteiger partial charge is 0.315 e. The number of benzene rings is 1. The van der Waals surface area contributed by atoms with E-state index in [-0.39, 0.29) is 6.42 Å². The maximum Gasteiger partial charge on any atom is 0.315 e. The molecule has 16 heavy (non-hydrogen) atoms. The third kappa shape index (κ3) is 3.07. The molecule has 1 aromatic carbocycles. The Morgan fingerprint density at radius 2 is 2.31 bits per heavy atom. The zero-order valence-corrected chi connectivity index (χ0v) is 9.34. The molecular formula is C11H10ClNO3. The van der Waals surface area contributed by atoms with Crippen LogP contribution in [0.5, 0.6) is 5.75 Å². The van der Waals surface area contributed by atoms with Gasteiger partial charge < -0.3 is 15.6 Å². The highest BCUT2D eigenvalue weighted by Crippen LogP contribution is 2.28. The minimum Gasteiger partial charge on any atom is -0.495 e. The van der Waals surface area contributed by atoms with Crippen LogP contribution in [0.1, 0.15) is 12.0 Å². The van der Waals surface area contributed by atoms with E-state index >= 15 is 0 Å². The Morgan fingerprint density at radius 3 is 2.88 bits per heavy atom. The van der Waals surface area contributed by atoms with Crippen molar-refractivity contribution >= 4 is 23.3 Å². The summed E-state index contributed by atoms with van der Waals surface area (Å²) in [4.78, 5) is 10.3. The number of rotatable bonds is 2. The summed E-state index contributed by atoms with van der Waals surface area (Å²) in [6.45, 7) is 0. The second kappa shape index (κ2) is 5.29. The van der Waals surface area contributed by atoms with Gasteiger partial charge in [-0.1, -0.05) is 23.4 Å². The third-order valence-corrected chi connectivity index (χ3v) is 2.09. The predicted octanol–water partition coefficient (Wildman–Crippen LogP) is 1.76. The molecule has 0 aliphatic carbocycles. The van der Waals surface area contributed by atoms with E-state index in [4.69, 9.17) is 27.2 Å². The summed E-state index contributed by atoms with van der Waals surface area (Å²) in [7, 11) is 1.48. The fourth-order valence-corrected chi connectivity index (χ4v) is 1.28. The highest BCUT2D eigenvalue weighted by atomic mass is 35.5. The Morgan fingerprint density at radius 1 is 1.62 bits per heavy atom. The number of ether oxygens (including phenoxy) is 1. The number of halogens is 1. The first-order valence-electron chi connectivity index (χ1n) is 4.38. The van der Waals surface area contributed by atoms with Gasteiger partial charge >= 0.3 is 5.97 Å². The SMILES string of the molecule is COc1cc(C#CCC(=O)O)c(Cl)cc1N. The molecule has 0 unspecified atom stereocenters. The number of carboxylic acid groups (broad SMARTS) is 1. The van der Waals surface area contributed by atoms with Crippen molar-refractivity contribution in [3.63, 3.8) is 0 Å². The van der Waals surface area contributed by atoms with Crippen LogP contribution in [0.4, 0.5) is 5.69 Å². The van der Waals surface area contributed by atoms with Crippen LogP contribution in [0.3, 0.4) is 0 Å². The van der Waals surface area contributed by atoms with Crippen molar-refractivity contribution in [2.24, 2.45) is 0 Å². The molecule has 0 heterocycles. The number of nitrogens with two attached hydrogens (primary N) is 1. The second-order valence-electron chi connectivity index (χ2n) is 2.95. The Balaban J connectivity index is 3.03. The van der Waals surface area contributed by atoms with Gasteiger partial charge in [-0.15, -0.1) is 0 Å². The van der Waals surface area contributed by atoms with Crippen LogP contribution in [0, 0.1) is 11.8 Å². The first kappa shape index (κ1) is 12.2. The van der Waals surface area contributed by atoms with Crippen molar-refractivity contribution in [1.29, 1.82) is 0 Å². The van der Waals surface area contributed by atoms with Gasteiger partial charge in [0.05, 0.1) is 17.8 Å². The molecule has 1 rings (SSSR count). The number of hydrogen-bond acceptors (Lipinski definition) is 3. The minimum atomic E-state index is -0.981. The van der Waals surface area contributed by atoms with Crippen molar-refractivity contribution in [3.05, 3.63) is 22.7 Å². The van der Waals surface area contributed by atoms with Crippen LogP contribution in [-0.2, 0) is 4.79 Å². The normalized spacial score (nSPS) is 9.12. The van der Waals surface area contributed by atoms with E-state index in [1.165, 1.54) is 13.2 Å². The van der Waals surface area contributed by atoms with Gasteiger partial charge in [-0.05, 0) is 12.1 Å². The van der Waals surface area contributed by atoms with Crippen LogP contribution in [-0.4, -0.2) is 18.2 Å². The lowest BCUT2D eigenvalue weighted by atomic mass is 10.2. The predicted molar refractivity (Wildman–Crippen MR) is 61.5 cm³/mol. The van der Waals surface area contributed by atoms with Gasteiger partial charge in [0.2, 0.25) is 0 Å². The van der Waals surface area contributed by atoms with Gasteiger partial charge in [0, 0.05) is 5.56 Å². The monoisotopic (exact) mass is 239 g/mol. The zero-order chi connectivity index (χ0) is 12.1. The minimum absolute atomic E-state index is 0.233. The van der Waals surface area contributed by atoms with Crippen LogP contribution < -0.4 is 10.5 Å². The molecule has 4 nitrogen and oxygen atoms in total. The van der Waals surface area contributed by atoms with Crippen molar-refractivity contribution in [1.82, 2.24) is 0 Å². The van der Waals surface area contributed by atoms with Gasteiger partial charge in [0.25, 0.3) is 0 Å². The molecule has 84 valence electrons. The van der Waals surface area contributed by atoms with Crippen molar-refractivity contribution < 1.29 is 14.6 Å². The fraction of sp³-hybridized carbons (Fsp3) is 0.182. The lowest BCUT2D eigenvalue weighted by Crippen LogP contribution is -1.94. The molecule has 1 aromatic rings. The van der Waals surface area contributed by atoms with Gasteiger partial charge in [-0.25, -0.2) is 0 Å². The molecule has 0 atom stereocenters. The Bertz CT molecular complexity index is 474. The topological polar surface area (TPSA) is 72.5 Å². The molecule has 0 amide bonds. The zero-order valence-electron chi connectivity index (χ0n) is 8.58. The lowest BCUT2D eigenvalue weighted by molar-refractivity contribution is -0.135. The van der Waals surface area contributed by atoms with Gasteiger partial charge in [0.1, 0.15) is 12.2 Å². The number of hydrogen-bond donors (Lipinski definition) is 2. The number of carbonyl (C=O) groups is 1. The Labute approximate surface area is 98.0 Å². The summed E-state index contributed by atoms with van der Waals surface area (Å²) >= 11 is 5.89. The molecule has 0 spiro atoms. The summed E-state index contributed by atoms with van der Waals surface area (Å²) in [6.07, 6.45) is -0.233. The van der Waals surface area contributed by atoms with Crippen LogP contribution in [0.15, 0.2) is 12.1 Å². The van der Waals surface area contributed by atoms with Crippen LogP contribution in [0.25, 0.3) is 0 Å². The van der Waals surface area contributed by atoms with Gasteiger partial charge in [-0.3, -0.25) is 4.79 Å². The Hall–Kier alpha value is -1.86.